The summed E-state index contributed by atoms with van der Waals surface area (Å²) in [6.07, 6.45) is -1.61. The Kier molecular flexibility index (Phi) is 4.17. The average Bonchev–Trinajstić information content (AvgIpc) is 2.33. The summed E-state index contributed by atoms with van der Waals surface area (Å²) in [6, 6.07) is 3.24. The summed E-state index contributed by atoms with van der Waals surface area (Å²) in [7, 11) is 0. The number of alkyl halides is 3. The van der Waals surface area contributed by atoms with Gasteiger partial charge in [-0.15, -0.1) is 0 Å². The van der Waals surface area contributed by atoms with E-state index in [1.165, 1.54) is 12.1 Å². The molecule has 4 nitrogen and oxygen atoms in total. The Balaban J connectivity index is 2.10. The van der Waals surface area contributed by atoms with E-state index in [4.69, 9.17) is 5.73 Å². The molecule has 1 fully saturated rings. The third-order valence-electron chi connectivity index (χ3n) is 3.33. The molecule has 0 heterocycles. The first kappa shape index (κ1) is 14.6. The van der Waals surface area contributed by atoms with Crippen LogP contribution in [0.5, 0.6) is 0 Å². The SMILES string of the molecule is NCc1ccc(NC(=O)NC2CCC2)cc1C(F)(F)F. The van der Waals surface area contributed by atoms with Crippen LogP contribution in [0.3, 0.4) is 0 Å². The van der Waals surface area contributed by atoms with Crippen LogP contribution < -0.4 is 16.4 Å². The average molecular weight is 287 g/mol. The molecule has 0 spiro atoms. The van der Waals surface area contributed by atoms with E-state index < -0.39 is 17.8 Å². The molecule has 110 valence electrons. The van der Waals surface area contributed by atoms with Crippen LogP contribution in [0.15, 0.2) is 18.2 Å². The summed E-state index contributed by atoms with van der Waals surface area (Å²) in [5, 5.41) is 5.11. The van der Waals surface area contributed by atoms with Crippen molar-refractivity contribution in [2.45, 2.75) is 38.0 Å². The second kappa shape index (κ2) is 5.70. The molecule has 20 heavy (non-hydrogen) atoms. The number of carbonyl (C=O) groups excluding carboxylic acids is 1. The molecule has 1 aliphatic rings. The molecule has 1 saturated carbocycles. The number of anilines is 1. The Morgan fingerprint density at radius 1 is 1.35 bits per heavy atom. The van der Waals surface area contributed by atoms with Gasteiger partial charge in [-0.1, -0.05) is 6.07 Å². The molecule has 0 aromatic heterocycles. The van der Waals surface area contributed by atoms with Crippen LogP contribution in [-0.2, 0) is 12.7 Å². The zero-order valence-electron chi connectivity index (χ0n) is 10.8. The molecule has 0 saturated heterocycles. The van der Waals surface area contributed by atoms with Crippen molar-refractivity contribution < 1.29 is 18.0 Å². The Bertz CT molecular complexity index is 498. The zero-order valence-corrected chi connectivity index (χ0v) is 10.8. The lowest BCUT2D eigenvalue weighted by Gasteiger charge is -2.26. The fraction of sp³-hybridized carbons (Fsp3) is 0.462. The van der Waals surface area contributed by atoms with Gasteiger partial charge in [0.25, 0.3) is 0 Å². The zero-order chi connectivity index (χ0) is 14.8. The van der Waals surface area contributed by atoms with Crippen LogP contribution in [0.2, 0.25) is 0 Å². The Morgan fingerprint density at radius 2 is 2.05 bits per heavy atom. The molecule has 2 amide bonds. The predicted molar refractivity (Wildman–Crippen MR) is 69.1 cm³/mol. The molecular formula is C13H16F3N3O. The molecule has 1 aromatic carbocycles. The van der Waals surface area contributed by atoms with Gasteiger partial charge < -0.3 is 16.4 Å². The minimum atomic E-state index is -4.49. The van der Waals surface area contributed by atoms with E-state index in [0.717, 1.165) is 25.3 Å². The van der Waals surface area contributed by atoms with Crippen molar-refractivity contribution in [3.63, 3.8) is 0 Å². The highest BCUT2D eigenvalue weighted by Crippen LogP contribution is 2.33. The van der Waals surface area contributed by atoms with Gasteiger partial charge in [0.15, 0.2) is 0 Å². The molecule has 4 N–H and O–H groups in total. The number of nitrogens with one attached hydrogen (secondary N) is 2. The van der Waals surface area contributed by atoms with Crippen molar-refractivity contribution in [1.82, 2.24) is 5.32 Å². The van der Waals surface area contributed by atoms with Crippen molar-refractivity contribution in [2.75, 3.05) is 5.32 Å². The van der Waals surface area contributed by atoms with Crippen LogP contribution in [0.4, 0.5) is 23.7 Å². The fourth-order valence-electron chi connectivity index (χ4n) is 2.00. The van der Waals surface area contributed by atoms with Gasteiger partial charge in [0.05, 0.1) is 5.56 Å². The predicted octanol–water partition coefficient (Wildman–Crippen LogP) is 2.84. The summed E-state index contributed by atoms with van der Waals surface area (Å²) >= 11 is 0. The van der Waals surface area contributed by atoms with E-state index in [2.05, 4.69) is 10.6 Å². The second-order valence-electron chi connectivity index (χ2n) is 4.80. The van der Waals surface area contributed by atoms with Gasteiger partial charge in [-0.3, -0.25) is 0 Å². The lowest BCUT2D eigenvalue weighted by molar-refractivity contribution is -0.138. The van der Waals surface area contributed by atoms with E-state index in [9.17, 15) is 18.0 Å². The molecule has 1 aliphatic carbocycles. The maximum absolute atomic E-state index is 12.8. The van der Waals surface area contributed by atoms with E-state index >= 15 is 0 Å². The molecule has 1 aromatic rings. The maximum atomic E-state index is 12.8. The van der Waals surface area contributed by atoms with Crippen LogP contribution in [0.1, 0.15) is 30.4 Å². The highest BCUT2D eigenvalue weighted by molar-refractivity contribution is 5.89. The van der Waals surface area contributed by atoms with E-state index in [-0.39, 0.29) is 23.8 Å². The van der Waals surface area contributed by atoms with Gasteiger partial charge >= 0.3 is 12.2 Å². The third-order valence-corrected chi connectivity index (χ3v) is 3.33. The fourth-order valence-corrected chi connectivity index (χ4v) is 2.00. The third kappa shape index (κ3) is 3.41. The lowest BCUT2D eigenvalue weighted by Crippen LogP contribution is -2.41. The highest BCUT2D eigenvalue weighted by atomic mass is 19.4. The number of urea groups is 1. The van der Waals surface area contributed by atoms with Gasteiger partial charge in [-0.2, -0.15) is 13.2 Å². The number of nitrogens with two attached hydrogens (primary N) is 1. The first-order chi connectivity index (χ1) is 9.40. The first-order valence-electron chi connectivity index (χ1n) is 6.38. The summed E-state index contributed by atoms with van der Waals surface area (Å²) in [5.41, 5.74) is 4.58. The molecular weight excluding hydrogens is 271 g/mol. The Hall–Kier alpha value is -1.76. The highest BCUT2D eigenvalue weighted by Gasteiger charge is 2.33. The summed E-state index contributed by atoms with van der Waals surface area (Å²) in [6.45, 7) is -0.205. The minimum absolute atomic E-state index is 0.00227. The minimum Gasteiger partial charge on any atom is -0.335 e. The number of benzene rings is 1. The summed E-state index contributed by atoms with van der Waals surface area (Å²) < 4.78 is 38.5. The van der Waals surface area contributed by atoms with Gasteiger partial charge in [0, 0.05) is 18.3 Å². The first-order valence-corrected chi connectivity index (χ1v) is 6.38. The number of halogens is 3. The molecule has 0 atom stereocenters. The summed E-state index contributed by atoms with van der Waals surface area (Å²) in [5.74, 6) is 0. The van der Waals surface area contributed by atoms with E-state index in [0.29, 0.717) is 0 Å². The van der Waals surface area contributed by atoms with Crippen molar-refractivity contribution in [3.8, 4) is 0 Å². The maximum Gasteiger partial charge on any atom is 0.416 e. The molecule has 0 aliphatic heterocycles. The van der Waals surface area contributed by atoms with Crippen molar-refractivity contribution >= 4 is 11.7 Å². The quantitative estimate of drug-likeness (QED) is 0.800. The standard InChI is InChI=1S/C13H16F3N3O/c14-13(15,16)11-6-10(5-4-8(11)7-17)19-12(20)18-9-2-1-3-9/h4-6,9H,1-3,7,17H2,(H2,18,19,20). The van der Waals surface area contributed by atoms with Crippen LogP contribution in [-0.4, -0.2) is 12.1 Å². The summed E-state index contributed by atoms with van der Waals surface area (Å²) in [4.78, 5) is 11.6. The van der Waals surface area contributed by atoms with Crippen molar-refractivity contribution in [1.29, 1.82) is 0 Å². The number of rotatable bonds is 3. The van der Waals surface area contributed by atoms with Gasteiger partial charge in [-0.05, 0) is 37.0 Å². The van der Waals surface area contributed by atoms with Crippen LogP contribution in [0.25, 0.3) is 0 Å². The van der Waals surface area contributed by atoms with Gasteiger partial charge in [-0.25, -0.2) is 4.79 Å². The smallest absolute Gasteiger partial charge is 0.335 e. The van der Waals surface area contributed by atoms with Crippen LogP contribution in [0, 0.1) is 0 Å². The molecule has 0 bridgehead atoms. The van der Waals surface area contributed by atoms with E-state index in [1.807, 2.05) is 0 Å². The number of carbonyl (C=O) groups is 1. The van der Waals surface area contributed by atoms with Crippen molar-refractivity contribution in [3.05, 3.63) is 29.3 Å². The van der Waals surface area contributed by atoms with Gasteiger partial charge in [0.2, 0.25) is 0 Å². The molecule has 0 unspecified atom stereocenters. The Labute approximate surface area is 114 Å². The monoisotopic (exact) mass is 287 g/mol. The largest absolute Gasteiger partial charge is 0.416 e. The lowest BCUT2D eigenvalue weighted by atomic mass is 9.93. The molecule has 7 heteroatoms. The van der Waals surface area contributed by atoms with Crippen LogP contribution >= 0.6 is 0 Å². The topological polar surface area (TPSA) is 67.1 Å². The number of hydrogen-bond acceptors (Lipinski definition) is 2. The normalized spacial score (nSPS) is 15.6. The molecule has 0 radical (unpaired) electrons. The van der Waals surface area contributed by atoms with E-state index in [1.54, 1.807) is 0 Å². The second-order valence-corrected chi connectivity index (χ2v) is 4.80. The number of amides is 2. The van der Waals surface area contributed by atoms with Gasteiger partial charge in [0.1, 0.15) is 0 Å². The van der Waals surface area contributed by atoms with Crippen molar-refractivity contribution in [2.24, 2.45) is 5.73 Å². The molecule has 2 rings (SSSR count). The Morgan fingerprint density at radius 3 is 2.55 bits per heavy atom. The number of hydrogen-bond donors (Lipinski definition) is 3.